The van der Waals surface area contributed by atoms with Crippen LogP contribution in [-0.4, -0.2) is 85.5 Å². The molecule has 0 unspecified atom stereocenters. The number of hydrazone groups is 1. The molecule has 220 valence electrons. The molecule has 3 amide bonds. The average molecular weight is 594 g/mol. The molecule has 5 rings (SSSR count). The van der Waals surface area contributed by atoms with Gasteiger partial charge < -0.3 is 19.7 Å². The van der Waals surface area contributed by atoms with Crippen molar-refractivity contribution in [3.63, 3.8) is 0 Å². The Morgan fingerprint density at radius 2 is 1.79 bits per heavy atom. The van der Waals surface area contributed by atoms with Crippen molar-refractivity contribution in [1.29, 1.82) is 0 Å². The normalized spacial score (nSPS) is 17.1. The van der Waals surface area contributed by atoms with Crippen molar-refractivity contribution in [2.24, 2.45) is 5.10 Å². The fourth-order valence-electron chi connectivity index (χ4n) is 5.02. The zero-order valence-electron chi connectivity index (χ0n) is 23.3. The number of hydrogen-bond acceptors (Lipinski definition) is 6. The molecule has 0 radical (unpaired) electrons. The molecule has 9 nitrogen and oxygen atoms in total. The Morgan fingerprint density at radius 1 is 1.07 bits per heavy atom. The van der Waals surface area contributed by atoms with E-state index in [1.807, 2.05) is 18.2 Å². The molecule has 0 spiro atoms. The topological polar surface area (TPSA) is 86.7 Å². The van der Waals surface area contributed by atoms with E-state index in [0.29, 0.717) is 54.9 Å². The van der Waals surface area contributed by atoms with Gasteiger partial charge in [-0.1, -0.05) is 48.0 Å². The molecule has 2 heterocycles. The zero-order chi connectivity index (χ0) is 29.5. The number of benzene rings is 3. The number of nitrogens with one attached hydrogen (secondary N) is 1. The molecule has 1 atom stereocenters. The van der Waals surface area contributed by atoms with E-state index in [-0.39, 0.29) is 18.3 Å². The number of rotatable bonds is 9. The molecule has 0 bridgehead atoms. The summed E-state index contributed by atoms with van der Waals surface area (Å²) < 4.78 is 24.5. The number of para-hydroxylation sites is 2. The van der Waals surface area contributed by atoms with Crippen molar-refractivity contribution >= 4 is 34.9 Å². The van der Waals surface area contributed by atoms with Crippen LogP contribution in [0.5, 0.6) is 5.75 Å². The Balaban J connectivity index is 1.39. The van der Waals surface area contributed by atoms with E-state index in [1.54, 1.807) is 42.5 Å². The van der Waals surface area contributed by atoms with E-state index in [0.717, 1.165) is 24.2 Å². The predicted octanol–water partition coefficient (Wildman–Crippen LogP) is 5.03. The molecular weight excluding hydrogens is 561 g/mol. The highest BCUT2D eigenvalue weighted by Gasteiger charge is 2.34. The number of carbonyl (C=O) groups excluding carboxylic acids is 2. The lowest BCUT2D eigenvalue weighted by Crippen LogP contribution is -2.47. The fourth-order valence-corrected chi connectivity index (χ4v) is 5.14. The van der Waals surface area contributed by atoms with Gasteiger partial charge in [0.05, 0.1) is 37.8 Å². The lowest BCUT2D eigenvalue weighted by molar-refractivity contribution is -0.133. The highest BCUT2D eigenvalue weighted by atomic mass is 35.5. The van der Waals surface area contributed by atoms with Crippen molar-refractivity contribution < 1.29 is 23.5 Å². The van der Waals surface area contributed by atoms with E-state index in [4.69, 9.17) is 21.1 Å². The van der Waals surface area contributed by atoms with E-state index in [2.05, 4.69) is 15.3 Å². The van der Waals surface area contributed by atoms with Gasteiger partial charge in [0, 0.05) is 37.6 Å². The first-order valence-corrected chi connectivity index (χ1v) is 14.2. The van der Waals surface area contributed by atoms with Gasteiger partial charge >= 0.3 is 6.03 Å². The maximum absolute atomic E-state index is 13.9. The summed E-state index contributed by atoms with van der Waals surface area (Å²) in [7, 11) is 1.53. The van der Waals surface area contributed by atoms with Gasteiger partial charge in [-0.2, -0.15) is 5.10 Å². The van der Waals surface area contributed by atoms with Gasteiger partial charge in [0.1, 0.15) is 18.1 Å². The van der Waals surface area contributed by atoms with Gasteiger partial charge in [-0.25, -0.2) is 14.2 Å². The summed E-state index contributed by atoms with van der Waals surface area (Å²) in [4.78, 5) is 31.2. The zero-order valence-corrected chi connectivity index (χ0v) is 24.1. The highest BCUT2D eigenvalue weighted by Crippen LogP contribution is 2.33. The summed E-state index contributed by atoms with van der Waals surface area (Å²) in [5, 5.41) is 9.59. The minimum atomic E-state index is -0.425. The monoisotopic (exact) mass is 593 g/mol. The van der Waals surface area contributed by atoms with Gasteiger partial charge in [0.15, 0.2) is 0 Å². The van der Waals surface area contributed by atoms with Crippen molar-refractivity contribution in [3.8, 4) is 5.75 Å². The molecule has 42 heavy (non-hydrogen) atoms. The molecule has 0 aliphatic carbocycles. The van der Waals surface area contributed by atoms with Crippen LogP contribution in [0.25, 0.3) is 0 Å². The first kappa shape index (κ1) is 29.5. The Bertz CT molecular complexity index is 1410. The first-order valence-electron chi connectivity index (χ1n) is 13.8. The van der Waals surface area contributed by atoms with Crippen LogP contribution in [0.1, 0.15) is 23.6 Å². The van der Waals surface area contributed by atoms with Crippen LogP contribution < -0.4 is 10.1 Å². The van der Waals surface area contributed by atoms with Crippen LogP contribution in [0.2, 0.25) is 5.02 Å². The van der Waals surface area contributed by atoms with Crippen molar-refractivity contribution in [1.82, 2.24) is 14.8 Å². The molecule has 3 aromatic rings. The van der Waals surface area contributed by atoms with Crippen molar-refractivity contribution in [3.05, 3.63) is 94.8 Å². The summed E-state index contributed by atoms with van der Waals surface area (Å²) in [5.74, 6) is -0.179. The third-order valence-corrected chi connectivity index (χ3v) is 7.60. The Kier molecular flexibility index (Phi) is 9.68. The number of hydrogen-bond donors (Lipinski definition) is 1. The van der Waals surface area contributed by atoms with Crippen LogP contribution in [-0.2, 0) is 9.53 Å². The molecular formula is C31H33ClFN5O4. The van der Waals surface area contributed by atoms with Gasteiger partial charge in [0.25, 0.3) is 5.91 Å². The largest absolute Gasteiger partial charge is 0.495 e. The standard InChI is InChI=1S/C31H33ClFN5O4/c1-41-29-5-3-2-4-26(29)34-31(40)37(15-14-36-16-18-42-19-17-36)21-30(39)38-28(23-6-10-24(32)11-7-23)20-27(35-38)22-8-12-25(33)13-9-22/h2-13,28H,14-21H2,1H3,(H,34,40)/t28-/m0/s1. The van der Waals surface area contributed by atoms with Crippen molar-refractivity contribution in [2.45, 2.75) is 12.5 Å². The maximum Gasteiger partial charge on any atom is 0.322 e. The van der Waals surface area contributed by atoms with Gasteiger partial charge in [-0.05, 0) is 47.5 Å². The number of carbonyl (C=O) groups is 2. The fraction of sp³-hybridized carbons (Fsp3) is 0.323. The summed E-state index contributed by atoms with van der Waals surface area (Å²) in [6.07, 6.45) is 0.431. The number of halogens is 2. The lowest BCUT2D eigenvalue weighted by atomic mass is 9.98. The van der Waals surface area contributed by atoms with Gasteiger partial charge in [-0.15, -0.1) is 0 Å². The summed E-state index contributed by atoms with van der Waals surface area (Å²) >= 11 is 6.13. The number of amides is 3. The lowest BCUT2D eigenvalue weighted by Gasteiger charge is -2.31. The maximum atomic E-state index is 13.9. The second-order valence-electron chi connectivity index (χ2n) is 10.1. The number of morpholine rings is 1. The summed E-state index contributed by atoms with van der Waals surface area (Å²) in [6.45, 7) is 3.47. The Labute approximate surface area is 249 Å². The van der Waals surface area contributed by atoms with Crippen LogP contribution in [0.15, 0.2) is 77.9 Å². The third-order valence-electron chi connectivity index (χ3n) is 7.35. The second-order valence-corrected chi connectivity index (χ2v) is 10.5. The molecule has 2 aliphatic rings. The molecule has 2 aliphatic heterocycles. The summed E-state index contributed by atoms with van der Waals surface area (Å²) in [5.41, 5.74) is 2.74. The Morgan fingerprint density at radius 3 is 2.50 bits per heavy atom. The average Bonchev–Trinajstić information content (AvgIpc) is 3.46. The van der Waals surface area contributed by atoms with Crippen molar-refractivity contribution in [2.75, 3.05) is 58.4 Å². The Hall–Kier alpha value is -3.99. The molecule has 0 saturated carbocycles. The quantitative estimate of drug-likeness (QED) is 0.376. The predicted molar refractivity (Wildman–Crippen MR) is 159 cm³/mol. The minimum absolute atomic E-state index is 0.199. The van der Waals surface area contributed by atoms with Gasteiger partial charge in [-0.3, -0.25) is 9.69 Å². The summed E-state index contributed by atoms with van der Waals surface area (Å²) in [6, 6.07) is 19.6. The smallest absolute Gasteiger partial charge is 0.322 e. The van der Waals surface area contributed by atoms with E-state index < -0.39 is 12.1 Å². The molecule has 3 aromatic carbocycles. The van der Waals surface area contributed by atoms with E-state index in [1.165, 1.54) is 29.2 Å². The number of methoxy groups -OCH3 is 1. The SMILES string of the molecule is COc1ccccc1NC(=O)N(CCN1CCOCC1)CC(=O)N1N=C(c2ccc(F)cc2)C[C@H]1c1ccc(Cl)cc1. The molecule has 0 aromatic heterocycles. The molecule has 1 saturated heterocycles. The minimum Gasteiger partial charge on any atom is -0.495 e. The third kappa shape index (κ3) is 7.25. The van der Waals surface area contributed by atoms with Crippen LogP contribution in [0.3, 0.4) is 0 Å². The number of anilines is 1. The number of ether oxygens (including phenoxy) is 2. The first-order chi connectivity index (χ1) is 20.4. The highest BCUT2D eigenvalue weighted by molar-refractivity contribution is 6.30. The number of urea groups is 1. The molecule has 11 heteroatoms. The van der Waals surface area contributed by atoms with E-state index >= 15 is 0 Å². The van der Waals surface area contributed by atoms with Crippen LogP contribution >= 0.6 is 11.6 Å². The second kappa shape index (κ2) is 13.8. The van der Waals surface area contributed by atoms with Crippen LogP contribution in [0.4, 0.5) is 14.9 Å². The number of nitrogens with zero attached hydrogens (tertiary/aromatic N) is 4. The van der Waals surface area contributed by atoms with Crippen LogP contribution in [0, 0.1) is 5.82 Å². The molecule has 1 fully saturated rings. The van der Waals surface area contributed by atoms with Gasteiger partial charge in [0.2, 0.25) is 0 Å². The molecule has 1 N–H and O–H groups in total. The van der Waals surface area contributed by atoms with E-state index in [9.17, 15) is 14.0 Å².